The number of para-hydroxylation sites is 1. The molecule has 0 radical (unpaired) electrons. The lowest BCUT2D eigenvalue weighted by Crippen LogP contribution is -2.41. The van der Waals surface area contributed by atoms with E-state index in [9.17, 15) is 14.4 Å². The Labute approximate surface area is 246 Å². The number of benzene rings is 3. The van der Waals surface area contributed by atoms with Crippen LogP contribution in [0.5, 0.6) is 17.2 Å². The van der Waals surface area contributed by atoms with Gasteiger partial charge < -0.3 is 24.8 Å². The van der Waals surface area contributed by atoms with Gasteiger partial charge in [-0.3, -0.25) is 19.4 Å². The molecule has 3 aromatic carbocycles. The number of hydrogen-bond acceptors (Lipinski definition) is 9. The zero-order chi connectivity index (χ0) is 29.1. The predicted octanol–water partition coefficient (Wildman–Crippen LogP) is 3.85. The molecule has 2 N–H and O–H groups in total. The Balaban J connectivity index is 1.08. The van der Waals surface area contributed by atoms with Crippen molar-refractivity contribution in [2.24, 2.45) is 9.98 Å². The van der Waals surface area contributed by atoms with Crippen molar-refractivity contribution in [1.29, 1.82) is 0 Å². The number of rotatable bonds is 9. The number of fused-ring (bicyclic) bond motifs is 4. The number of nitrogens with one attached hydrogen (secondary N) is 2. The van der Waals surface area contributed by atoms with E-state index in [-0.39, 0.29) is 43.1 Å². The molecule has 3 aliphatic heterocycles. The van der Waals surface area contributed by atoms with Gasteiger partial charge >= 0.3 is 0 Å². The lowest BCUT2D eigenvalue weighted by molar-refractivity contribution is -0.125. The number of amides is 3. The van der Waals surface area contributed by atoms with Crippen LogP contribution in [0.15, 0.2) is 76.7 Å². The van der Waals surface area contributed by atoms with Crippen molar-refractivity contribution in [3.63, 3.8) is 0 Å². The number of carbonyl (C=O) groups is 3. The second kappa shape index (κ2) is 12.0. The Morgan fingerprint density at radius 1 is 1.05 bits per heavy atom. The normalized spacial score (nSPS) is 16.3. The molecule has 6 rings (SSSR count). The van der Waals surface area contributed by atoms with E-state index < -0.39 is 6.04 Å². The zero-order valence-corrected chi connectivity index (χ0v) is 23.5. The van der Waals surface area contributed by atoms with Crippen molar-refractivity contribution < 1.29 is 28.6 Å². The summed E-state index contributed by atoms with van der Waals surface area (Å²) in [5.41, 5.74) is 2.91. The molecule has 0 saturated carbocycles. The number of amidine groups is 2. The second-order valence-electron chi connectivity index (χ2n) is 9.62. The SMILES string of the molecule is COc1ccc(NC(=O)CSC2=Nc3ccccc3C3=NC(CCC(=O)NCc4ccc5c(c4)OCO5)C(=O)N23)cc1. The second-order valence-corrected chi connectivity index (χ2v) is 10.6. The van der Waals surface area contributed by atoms with Gasteiger partial charge in [0.25, 0.3) is 5.91 Å². The topological polar surface area (TPSA) is 131 Å². The highest BCUT2D eigenvalue weighted by Crippen LogP contribution is 2.35. The van der Waals surface area contributed by atoms with Crippen LogP contribution in [0.2, 0.25) is 0 Å². The third-order valence-corrected chi connectivity index (χ3v) is 7.76. The maximum absolute atomic E-state index is 13.5. The maximum Gasteiger partial charge on any atom is 0.259 e. The molecule has 3 aromatic rings. The van der Waals surface area contributed by atoms with Crippen molar-refractivity contribution in [2.75, 3.05) is 25.0 Å². The van der Waals surface area contributed by atoms with Crippen LogP contribution in [0.4, 0.5) is 11.4 Å². The highest BCUT2D eigenvalue weighted by molar-refractivity contribution is 8.14. The van der Waals surface area contributed by atoms with Gasteiger partial charge in [-0.2, -0.15) is 0 Å². The zero-order valence-electron chi connectivity index (χ0n) is 22.7. The van der Waals surface area contributed by atoms with E-state index in [0.29, 0.717) is 46.2 Å². The molecule has 12 heteroatoms. The molecule has 1 unspecified atom stereocenters. The smallest absolute Gasteiger partial charge is 0.259 e. The molecule has 42 heavy (non-hydrogen) atoms. The van der Waals surface area contributed by atoms with Gasteiger partial charge in [0.15, 0.2) is 16.7 Å². The van der Waals surface area contributed by atoms with E-state index in [1.165, 1.54) is 4.90 Å². The molecule has 3 heterocycles. The van der Waals surface area contributed by atoms with Crippen LogP contribution in [0.25, 0.3) is 0 Å². The maximum atomic E-state index is 13.5. The van der Waals surface area contributed by atoms with Crippen molar-refractivity contribution >= 4 is 51.9 Å². The Kier molecular flexibility index (Phi) is 7.78. The Bertz CT molecular complexity index is 1610. The van der Waals surface area contributed by atoms with Gasteiger partial charge in [-0.1, -0.05) is 30.0 Å². The quantitative estimate of drug-likeness (QED) is 0.390. The molecule has 3 amide bonds. The van der Waals surface area contributed by atoms with Gasteiger partial charge in [0.05, 0.1) is 18.6 Å². The minimum Gasteiger partial charge on any atom is -0.497 e. The highest BCUT2D eigenvalue weighted by Gasteiger charge is 2.41. The molecular weight excluding hydrogens is 558 g/mol. The third-order valence-electron chi connectivity index (χ3n) is 6.83. The van der Waals surface area contributed by atoms with E-state index in [2.05, 4.69) is 15.6 Å². The van der Waals surface area contributed by atoms with Crippen LogP contribution in [-0.4, -0.2) is 59.3 Å². The number of aliphatic imine (C=N–C) groups is 2. The Morgan fingerprint density at radius 3 is 2.69 bits per heavy atom. The van der Waals surface area contributed by atoms with Crippen LogP contribution >= 0.6 is 11.8 Å². The summed E-state index contributed by atoms with van der Waals surface area (Å²) in [5.74, 6) is 1.84. The summed E-state index contributed by atoms with van der Waals surface area (Å²) >= 11 is 1.16. The molecular formula is C30H27N5O6S. The molecule has 214 valence electrons. The molecule has 0 bridgehead atoms. The van der Waals surface area contributed by atoms with E-state index in [4.69, 9.17) is 19.2 Å². The highest BCUT2D eigenvalue weighted by atomic mass is 32.2. The van der Waals surface area contributed by atoms with Gasteiger partial charge in [-0.15, -0.1) is 0 Å². The lowest BCUT2D eigenvalue weighted by atomic mass is 10.1. The monoisotopic (exact) mass is 585 g/mol. The van der Waals surface area contributed by atoms with Gasteiger partial charge in [0, 0.05) is 24.2 Å². The van der Waals surface area contributed by atoms with Crippen molar-refractivity contribution in [3.05, 3.63) is 77.9 Å². The first kappa shape index (κ1) is 27.3. The van der Waals surface area contributed by atoms with Crippen LogP contribution in [0.3, 0.4) is 0 Å². The van der Waals surface area contributed by atoms with Gasteiger partial charge in [-0.25, -0.2) is 9.89 Å². The molecule has 1 atom stereocenters. The summed E-state index contributed by atoms with van der Waals surface area (Å²) in [7, 11) is 1.58. The summed E-state index contributed by atoms with van der Waals surface area (Å²) in [5, 5.41) is 6.10. The fourth-order valence-electron chi connectivity index (χ4n) is 4.70. The van der Waals surface area contributed by atoms with Crippen LogP contribution in [0, 0.1) is 0 Å². The molecule has 0 aliphatic carbocycles. The van der Waals surface area contributed by atoms with Gasteiger partial charge in [0.2, 0.25) is 18.6 Å². The number of carbonyl (C=O) groups excluding carboxylic acids is 3. The fourth-order valence-corrected chi connectivity index (χ4v) is 5.50. The van der Waals surface area contributed by atoms with E-state index in [1.807, 2.05) is 42.5 Å². The summed E-state index contributed by atoms with van der Waals surface area (Å²) in [6, 6.07) is 19.2. The average molecular weight is 586 g/mol. The number of ether oxygens (including phenoxy) is 3. The minimum atomic E-state index is -0.735. The first-order chi connectivity index (χ1) is 20.5. The standard InChI is InChI=1S/C30H27N5O6S/c1-39-20-9-7-19(8-10-20)32-27(37)16-42-30-34-22-5-3-2-4-21(22)28-33-23(29(38)35(28)30)11-13-26(36)31-15-18-6-12-24-25(14-18)41-17-40-24/h2-10,12,14,23H,11,13,15-17H2,1H3,(H,31,36)(H,32,37). The largest absolute Gasteiger partial charge is 0.497 e. The van der Waals surface area contributed by atoms with E-state index in [1.54, 1.807) is 31.4 Å². The van der Waals surface area contributed by atoms with Gasteiger partial charge in [0.1, 0.15) is 17.6 Å². The fraction of sp³-hybridized carbons (Fsp3) is 0.233. The molecule has 11 nitrogen and oxygen atoms in total. The Hall–Kier alpha value is -4.84. The predicted molar refractivity (Wildman–Crippen MR) is 158 cm³/mol. The molecule has 3 aliphatic rings. The molecule has 0 aromatic heterocycles. The number of thioether (sulfide) groups is 1. The van der Waals surface area contributed by atoms with Crippen molar-refractivity contribution in [1.82, 2.24) is 10.2 Å². The minimum absolute atomic E-state index is 0.0387. The van der Waals surface area contributed by atoms with Crippen LogP contribution < -0.4 is 24.8 Å². The van der Waals surface area contributed by atoms with Crippen molar-refractivity contribution in [3.8, 4) is 17.2 Å². The lowest BCUT2D eigenvalue weighted by Gasteiger charge is -2.25. The summed E-state index contributed by atoms with van der Waals surface area (Å²) < 4.78 is 15.9. The molecule has 0 spiro atoms. The third kappa shape index (κ3) is 5.79. The molecule has 0 fully saturated rings. The average Bonchev–Trinajstić information content (AvgIpc) is 3.62. The number of methoxy groups -OCH3 is 1. The van der Waals surface area contributed by atoms with E-state index in [0.717, 1.165) is 22.9 Å². The number of hydrogen-bond donors (Lipinski definition) is 2. The van der Waals surface area contributed by atoms with Crippen molar-refractivity contribution in [2.45, 2.75) is 25.4 Å². The number of anilines is 1. The first-order valence-electron chi connectivity index (χ1n) is 13.3. The van der Waals surface area contributed by atoms with E-state index >= 15 is 0 Å². The van der Waals surface area contributed by atoms with Gasteiger partial charge in [-0.05, 0) is 60.5 Å². The first-order valence-corrected chi connectivity index (χ1v) is 14.3. The summed E-state index contributed by atoms with van der Waals surface area (Å²) in [6.45, 7) is 0.514. The Morgan fingerprint density at radius 2 is 1.86 bits per heavy atom. The van der Waals surface area contributed by atoms with Crippen LogP contribution in [0.1, 0.15) is 24.0 Å². The summed E-state index contributed by atoms with van der Waals surface area (Å²) in [4.78, 5) is 49.6. The van der Waals surface area contributed by atoms with Crippen LogP contribution in [-0.2, 0) is 20.9 Å². The summed E-state index contributed by atoms with van der Waals surface area (Å²) in [6.07, 6.45) is 0.362. The number of nitrogens with zero attached hydrogens (tertiary/aromatic N) is 3. The molecule has 0 saturated heterocycles.